The molecule has 2 N–H and O–H groups in total. The topological polar surface area (TPSA) is 69.6 Å². The summed E-state index contributed by atoms with van der Waals surface area (Å²) in [7, 11) is 0. The van der Waals surface area contributed by atoms with Crippen molar-refractivity contribution in [1.82, 2.24) is 10.2 Å². The van der Waals surface area contributed by atoms with Crippen LogP contribution in [0.3, 0.4) is 0 Å². The summed E-state index contributed by atoms with van der Waals surface area (Å²) in [5, 5.41) is 13.1. The van der Waals surface area contributed by atoms with Gasteiger partial charge in [0, 0.05) is 10.6 Å². The van der Waals surface area contributed by atoms with Crippen LogP contribution in [0.1, 0.15) is 16.7 Å². The third-order valence-electron chi connectivity index (χ3n) is 3.78. The van der Waals surface area contributed by atoms with Gasteiger partial charge in [0.15, 0.2) is 0 Å². The largest absolute Gasteiger partial charge is 0.506 e. The van der Waals surface area contributed by atoms with E-state index < -0.39 is 11.9 Å². The number of carbonyl (C=O) groups excluding carboxylic acids is 2. The first-order chi connectivity index (χ1) is 11.8. The van der Waals surface area contributed by atoms with Crippen molar-refractivity contribution in [2.45, 2.75) is 13.5 Å². The summed E-state index contributed by atoms with van der Waals surface area (Å²) in [5.74, 6) is -0.434. The molecule has 5 nitrogen and oxygen atoms in total. The van der Waals surface area contributed by atoms with Gasteiger partial charge in [-0.3, -0.25) is 9.69 Å². The Balaban J connectivity index is 1.87. The fraction of sp³-hybridized carbons (Fsp3) is 0.111. The summed E-state index contributed by atoms with van der Waals surface area (Å²) in [6.45, 7) is 2.15. The molecular weight excluding hydrogens is 455 g/mol. The quantitative estimate of drug-likeness (QED) is 0.406. The molecule has 3 amide bonds. The number of aromatic hydroxyl groups is 1. The molecule has 2 aromatic rings. The number of hydrogen-bond acceptors (Lipinski definition) is 3. The van der Waals surface area contributed by atoms with E-state index in [-0.39, 0.29) is 18.0 Å². The molecule has 128 valence electrons. The number of carbonyl (C=O) groups is 2. The van der Waals surface area contributed by atoms with Crippen molar-refractivity contribution in [1.29, 1.82) is 0 Å². The molecule has 0 atom stereocenters. The maximum absolute atomic E-state index is 12.5. The van der Waals surface area contributed by atoms with Crippen LogP contribution in [0.2, 0.25) is 5.02 Å². The fourth-order valence-electron chi connectivity index (χ4n) is 2.44. The number of rotatable bonds is 3. The zero-order valence-corrected chi connectivity index (χ0v) is 16.1. The summed E-state index contributed by atoms with van der Waals surface area (Å²) in [4.78, 5) is 25.8. The maximum Gasteiger partial charge on any atom is 0.329 e. The van der Waals surface area contributed by atoms with Crippen molar-refractivity contribution in [3.63, 3.8) is 0 Å². The van der Waals surface area contributed by atoms with E-state index in [0.717, 1.165) is 16.0 Å². The number of nitrogens with one attached hydrogen (secondary N) is 1. The van der Waals surface area contributed by atoms with Gasteiger partial charge in [-0.1, -0.05) is 41.4 Å². The average molecular weight is 469 g/mol. The van der Waals surface area contributed by atoms with E-state index in [9.17, 15) is 14.7 Å². The second-order valence-electron chi connectivity index (χ2n) is 5.69. The lowest BCUT2D eigenvalue weighted by Gasteiger charge is -2.11. The maximum atomic E-state index is 12.5. The first kappa shape index (κ1) is 17.8. The number of nitrogens with zero attached hydrogens (tertiary/aromatic N) is 1. The molecule has 1 aliphatic heterocycles. The third kappa shape index (κ3) is 3.80. The number of amides is 3. The van der Waals surface area contributed by atoms with Crippen molar-refractivity contribution in [3.05, 3.63) is 67.4 Å². The average Bonchev–Trinajstić information content (AvgIpc) is 2.81. The van der Waals surface area contributed by atoms with Crippen molar-refractivity contribution in [2.75, 3.05) is 0 Å². The third-order valence-corrected chi connectivity index (χ3v) is 4.82. The molecule has 0 radical (unpaired) electrons. The van der Waals surface area contributed by atoms with Gasteiger partial charge in [-0.2, -0.15) is 0 Å². The smallest absolute Gasteiger partial charge is 0.329 e. The van der Waals surface area contributed by atoms with E-state index in [2.05, 4.69) is 5.32 Å². The van der Waals surface area contributed by atoms with E-state index in [4.69, 9.17) is 11.6 Å². The lowest BCUT2D eigenvalue weighted by Crippen LogP contribution is -2.30. The van der Waals surface area contributed by atoms with Crippen LogP contribution < -0.4 is 5.32 Å². The number of benzene rings is 2. The Bertz CT molecular complexity index is 894. The number of phenolic OH excluding ortho intramolecular Hbond substituents is 1. The summed E-state index contributed by atoms with van der Waals surface area (Å²) >= 11 is 7.94. The Morgan fingerprint density at radius 1 is 1.24 bits per heavy atom. The molecule has 0 aliphatic carbocycles. The Morgan fingerprint density at radius 2 is 1.92 bits per heavy atom. The molecule has 2 aromatic carbocycles. The summed E-state index contributed by atoms with van der Waals surface area (Å²) < 4.78 is 0.560. The fourth-order valence-corrected chi connectivity index (χ4v) is 3.50. The monoisotopic (exact) mass is 468 g/mol. The molecule has 0 unspecified atom stereocenters. The van der Waals surface area contributed by atoms with Crippen LogP contribution in [-0.4, -0.2) is 21.9 Å². The van der Waals surface area contributed by atoms with Crippen LogP contribution >= 0.6 is 34.2 Å². The van der Waals surface area contributed by atoms with Gasteiger partial charge >= 0.3 is 6.03 Å². The number of phenols is 1. The SMILES string of the molecule is Cc1ccc(CN2C(=O)N/C(=C/c3cc(Cl)cc(I)c3O)C2=O)cc1. The van der Waals surface area contributed by atoms with Crippen LogP contribution in [0.15, 0.2) is 42.1 Å². The Hall–Kier alpha value is -2.06. The van der Waals surface area contributed by atoms with Crippen LogP contribution in [0.4, 0.5) is 4.79 Å². The van der Waals surface area contributed by atoms with Crippen LogP contribution in [0.5, 0.6) is 5.75 Å². The van der Waals surface area contributed by atoms with E-state index >= 15 is 0 Å². The first-order valence-corrected chi connectivity index (χ1v) is 8.89. The predicted molar refractivity (Wildman–Crippen MR) is 104 cm³/mol. The molecule has 0 saturated carbocycles. The molecule has 1 fully saturated rings. The highest BCUT2D eigenvalue weighted by Gasteiger charge is 2.33. The lowest BCUT2D eigenvalue weighted by molar-refractivity contribution is -0.123. The van der Waals surface area contributed by atoms with Crippen LogP contribution in [0.25, 0.3) is 6.08 Å². The van der Waals surface area contributed by atoms with E-state index in [1.165, 1.54) is 12.1 Å². The Kier molecular flexibility index (Phi) is 5.01. The normalized spacial score (nSPS) is 15.8. The van der Waals surface area contributed by atoms with Crippen LogP contribution in [0, 0.1) is 10.5 Å². The number of imide groups is 1. The highest BCUT2D eigenvalue weighted by Crippen LogP contribution is 2.30. The summed E-state index contributed by atoms with van der Waals surface area (Å²) in [5.41, 5.74) is 2.44. The van der Waals surface area contributed by atoms with Gasteiger partial charge in [0.05, 0.1) is 10.1 Å². The minimum atomic E-state index is -0.493. The predicted octanol–water partition coefficient (Wildman–Crippen LogP) is 4.05. The molecule has 0 aromatic heterocycles. The van der Waals surface area contributed by atoms with Crippen LogP contribution in [-0.2, 0) is 11.3 Å². The Morgan fingerprint density at radius 3 is 2.60 bits per heavy atom. The van der Waals surface area contributed by atoms with E-state index in [0.29, 0.717) is 14.2 Å². The highest BCUT2D eigenvalue weighted by molar-refractivity contribution is 14.1. The highest BCUT2D eigenvalue weighted by atomic mass is 127. The molecular formula is C18H14ClIN2O3. The van der Waals surface area contributed by atoms with Gasteiger partial charge in [0.2, 0.25) is 0 Å². The standard InChI is InChI=1S/C18H14ClIN2O3/c1-10-2-4-11(5-3-10)9-22-17(24)15(21-18(22)25)7-12-6-13(19)8-14(20)16(12)23/h2-8,23H,9H2,1H3,(H,21,25)/b15-7+. The van der Waals surface area contributed by atoms with Gasteiger partial charge < -0.3 is 10.4 Å². The van der Waals surface area contributed by atoms with E-state index in [1.807, 2.05) is 53.8 Å². The molecule has 1 heterocycles. The first-order valence-electron chi connectivity index (χ1n) is 7.43. The van der Waals surface area contributed by atoms with Crippen molar-refractivity contribution in [2.24, 2.45) is 0 Å². The van der Waals surface area contributed by atoms with Crippen molar-refractivity contribution in [3.8, 4) is 5.75 Å². The molecule has 0 spiro atoms. The van der Waals surface area contributed by atoms with Gasteiger partial charge in [-0.15, -0.1) is 0 Å². The number of halogens is 2. The molecule has 1 aliphatic rings. The minimum Gasteiger partial charge on any atom is -0.506 e. The second-order valence-corrected chi connectivity index (χ2v) is 7.29. The summed E-state index contributed by atoms with van der Waals surface area (Å²) in [6, 6.07) is 10.3. The van der Waals surface area contributed by atoms with Crippen molar-refractivity contribution >= 4 is 52.2 Å². The van der Waals surface area contributed by atoms with E-state index in [1.54, 1.807) is 6.07 Å². The minimum absolute atomic E-state index is 0.0107. The molecule has 7 heteroatoms. The number of aryl methyl sites for hydroxylation is 1. The van der Waals surface area contributed by atoms with Gasteiger partial charge in [-0.25, -0.2) is 4.79 Å². The summed E-state index contributed by atoms with van der Waals surface area (Å²) in [6.07, 6.45) is 1.43. The second kappa shape index (κ2) is 7.05. The van der Waals surface area contributed by atoms with Gasteiger partial charge in [0.1, 0.15) is 11.4 Å². The molecule has 0 bridgehead atoms. The van der Waals surface area contributed by atoms with Crippen molar-refractivity contribution < 1.29 is 14.7 Å². The zero-order valence-electron chi connectivity index (χ0n) is 13.2. The number of hydrogen-bond donors (Lipinski definition) is 2. The Labute approximate surface area is 163 Å². The molecule has 25 heavy (non-hydrogen) atoms. The van der Waals surface area contributed by atoms with Gasteiger partial charge in [0.25, 0.3) is 5.91 Å². The molecule has 3 rings (SSSR count). The van der Waals surface area contributed by atoms with Gasteiger partial charge in [-0.05, 0) is 53.3 Å². The zero-order chi connectivity index (χ0) is 18.1. The lowest BCUT2D eigenvalue weighted by atomic mass is 10.1. The molecule has 1 saturated heterocycles. The number of urea groups is 1.